The highest BCUT2D eigenvalue weighted by atomic mass is 16.3. The average molecular weight is 244 g/mol. The van der Waals surface area contributed by atoms with E-state index in [0.29, 0.717) is 5.92 Å². The van der Waals surface area contributed by atoms with Crippen LogP contribution in [-0.2, 0) is 0 Å². The molecule has 1 aromatic rings. The van der Waals surface area contributed by atoms with Crippen LogP contribution >= 0.6 is 0 Å². The Bertz CT molecular complexity index is 399. The second kappa shape index (κ2) is 7.17. The SMILES string of the molecule is CC(C)=C/C=C/[C@H](C)[C@@H](C)[C@@H](O)c1ccccc1. The van der Waals surface area contributed by atoms with Gasteiger partial charge in [-0.15, -0.1) is 0 Å². The van der Waals surface area contributed by atoms with Crippen molar-refractivity contribution < 1.29 is 5.11 Å². The monoisotopic (exact) mass is 244 g/mol. The van der Waals surface area contributed by atoms with E-state index < -0.39 is 6.10 Å². The summed E-state index contributed by atoms with van der Waals surface area (Å²) in [4.78, 5) is 0. The molecule has 18 heavy (non-hydrogen) atoms. The van der Waals surface area contributed by atoms with Crippen molar-refractivity contribution in [1.29, 1.82) is 0 Å². The van der Waals surface area contributed by atoms with Crippen LogP contribution < -0.4 is 0 Å². The van der Waals surface area contributed by atoms with Crippen molar-refractivity contribution in [2.24, 2.45) is 11.8 Å². The summed E-state index contributed by atoms with van der Waals surface area (Å²) in [6.45, 7) is 8.40. The lowest BCUT2D eigenvalue weighted by Gasteiger charge is -2.23. The van der Waals surface area contributed by atoms with Crippen molar-refractivity contribution in [2.75, 3.05) is 0 Å². The molecule has 0 aliphatic carbocycles. The zero-order valence-corrected chi connectivity index (χ0v) is 11.8. The van der Waals surface area contributed by atoms with Crippen LogP contribution in [0.3, 0.4) is 0 Å². The number of allylic oxidation sites excluding steroid dienone is 4. The molecular formula is C17H24O. The number of hydrogen-bond donors (Lipinski definition) is 1. The largest absolute Gasteiger partial charge is 0.388 e. The van der Waals surface area contributed by atoms with Crippen LogP contribution in [0.25, 0.3) is 0 Å². The minimum atomic E-state index is -0.405. The van der Waals surface area contributed by atoms with E-state index in [9.17, 15) is 5.11 Å². The quantitative estimate of drug-likeness (QED) is 0.755. The molecule has 0 saturated heterocycles. The van der Waals surface area contributed by atoms with Crippen LogP contribution in [-0.4, -0.2) is 5.11 Å². The lowest BCUT2D eigenvalue weighted by Crippen LogP contribution is -2.15. The predicted octanol–water partition coefficient (Wildman–Crippen LogP) is 4.51. The molecule has 0 unspecified atom stereocenters. The van der Waals surface area contributed by atoms with E-state index in [-0.39, 0.29) is 5.92 Å². The highest BCUT2D eigenvalue weighted by Crippen LogP contribution is 2.28. The first kappa shape index (κ1) is 14.7. The molecule has 1 nitrogen and oxygen atoms in total. The predicted molar refractivity (Wildman–Crippen MR) is 78.3 cm³/mol. The minimum Gasteiger partial charge on any atom is -0.388 e. The second-order valence-corrected chi connectivity index (χ2v) is 5.20. The smallest absolute Gasteiger partial charge is 0.0821 e. The second-order valence-electron chi connectivity index (χ2n) is 5.20. The molecule has 0 bridgehead atoms. The standard InChI is InChI=1S/C17H24O/c1-13(2)9-8-10-14(3)15(4)17(18)16-11-6-5-7-12-16/h5-12,14-15,17-18H,1-4H3/b10-8+/t14-,15+,17+/m0/s1. The van der Waals surface area contributed by atoms with Gasteiger partial charge in [-0.2, -0.15) is 0 Å². The van der Waals surface area contributed by atoms with Crippen LogP contribution in [0, 0.1) is 11.8 Å². The summed E-state index contributed by atoms with van der Waals surface area (Å²) in [6, 6.07) is 9.87. The molecule has 0 heterocycles. The van der Waals surface area contributed by atoms with Crippen molar-refractivity contribution >= 4 is 0 Å². The van der Waals surface area contributed by atoms with E-state index >= 15 is 0 Å². The number of hydrogen-bond acceptors (Lipinski definition) is 1. The molecule has 0 aliphatic heterocycles. The minimum absolute atomic E-state index is 0.203. The number of rotatable bonds is 5. The topological polar surface area (TPSA) is 20.2 Å². The molecule has 0 aromatic heterocycles. The summed E-state index contributed by atoms with van der Waals surface area (Å²) in [6.07, 6.45) is 5.92. The van der Waals surface area contributed by atoms with Crippen molar-refractivity contribution in [3.63, 3.8) is 0 Å². The van der Waals surface area contributed by atoms with E-state index in [4.69, 9.17) is 0 Å². The van der Waals surface area contributed by atoms with Crippen molar-refractivity contribution in [3.05, 3.63) is 59.7 Å². The third-order valence-electron chi connectivity index (χ3n) is 3.31. The van der Waals surface area contributed by atoms with E-state index in [1.54, 1.807) is 0 Å². The van der Waals surface area contributed by atoms with Gasteiger partial charge >= 0.3 is 0 Å². The first-order valence-corrected chi connectivity index (χ1v) is 6.57. The molecule has 98 valence electrons. The third-order valence-corrected chi connectivity index (χ3v) is 3.31. The number of aliphatic hydroxyl groups excluding tert-OH is 1. The van der Waals surface area contributed by atoms with Gasteiger partial charge in [0.2, 0.25) is 0 Å². The van der Waals surface area contributed by atoms with Crippen LogP contribution in [0.4, 0.5) is 0 Å². The van der Waals surface area contributed by atoms with E-state index in [1.165, 1.54) is 5.57 Å². The molecule has 0 spiro atoms. The fourth-order valence-electron chi connectivity index (χ4n) is 1.84. The van der Waals surface area contributed by atoms with E-state index in [2.05, 4.69) is 45.9 Å². The molecule has 0 amide bonds. The van der Waals surface area contributed by atoms with Crippen LogP contribution in [0.1, 0.15) is 39.4 Å². The molecule has 0 radical (unpaired) electrons. The van der Waals surface area contributed by atoms with Crippen LogP contribution in [0.5, 0.6) is 0 Å². The molecule has 1 aromatic carbocycles. The molecule has 1 heteroatoms. The van der Waals surface area contributed by atoms with Gasteiger partial charge in [-0.05, 0) is 31.2 Å². The van der Waals surface area contributed by atoms with Gasteiger partial charge in [0.1, 0.15) is 0 Å². The first-order chi connectivity index (χ1) is 8.52. The summed E-state index contributed by atoms with van der Waals surface area (Å²) in [5, 5.41) is 10.3. The van der Waals surface area contributed by atoms with Crippen molar-refractivity contribution in [2.45, 2.75) is 33.8 Å². The van der Waals surface area contributed by atoms with Gasteiger partial charge in [-0.3, -0.25) is 0 Å². The Hall–Kier alpha value is -1.34. The molecule has 0 aliphatic rings. The van der Waals surface area contributed by atoms with Gasteiger partial charge in [0.05, 0.1) is 6.10 Å². The zero-order chi connectivity index (χ0) is 13.5. The Morgan fingerprint density at radius 2 is 1.72 bits per heavy atom. The van der Waals surface area contributed by atoms with Gasteiger partial charge < -0.3 is 5.11 Å². The summed E-state index contributed by atoms with van der Waals surface area (Å²) >= 11 is 0. The summed E-state index contributed by atoms with van der Waals surface area (Å²) in [7, 11) is 0. The lowest BCUT2D eigenvalue weighted by atomic mass is 9.87. The van der Waals surface area contributed by atoms with Crippen LogP contribution in [0.15, 0.2) is 54.1 Å². The molecule has 0 saturated carbocycles. The van der Waals surface area contributed by atoms with Crippen molar-refractivity contribution in [3.8, 4) is 0 Å². The van der Waals surface area contributed by atoms with Crippen molar-refractivity contribution in [1.82, 2.24) is 0 Å². The fraction of sp³-hybridized carbons (Fsp3) is 0.412. The zero-order valence-electron chi connectivity index (χ0n) is 11.8. The maximum absolute atomic E-state index is 10.3. The maximum Gasteiger partial charge on any atom is 0.0821 e. The average Bonchev–Trinajstić information content (AvgIpc) is 2.37. The molecule has 0 fully saturated rings. The third kappa shape index (κ3) is 4.50. The Kier molecular flexibility index (Phi) is 5.87. The summed E-state index contributed by atoms with van der Waals surface area (Å²) in [5.74, 6) is 0.546. The summed E-state index contributed by atoms with van der Waals surface area (Å²) in [5.41, 5.74) is 2.28. The fourth-order valence-corrected chi connectivity index (χ4v) is 1.84. The Balaban J connectivity index is 2.66. The molecule has 1 rings (SSSR count). The molecule has 3 atom stereocenters. The van der Waals surface area contributed by atoms with Gasteiger partial charge in [-0.25, -0.2) is 0 Å². The first-order valence-electron chi connectivity index (χ1n) is 6.57. The van der Waals surface area contributed by atoms with Gasteiger partial charge in [0.25, 0.3) is 0 Å². The highest BCUT2D eigenvalue weighted by Gasteiger charge is 2.20. The van der Waals surface area contributed by atoms with E-state index in [1.807, 2.05) is 30.3 Å². The van der Waals surface area contributed by atoms with Gasteiger partial charge in [0.15, 0.2) is 0 Å². The molecular weight excluding hydrogens is 220 g/mol. The normalized spacial score (nSPS) is 16.3. The van der Waals surface area contributed by atoms with Gasteiger partial charge in [-0.1, -0.05) is 68.0 Å². The Morgan fingerprint density at radius 3 is 2.28 bits per heavy atom. The Morgan fingerprint density at radius 1 is 1.11 bits per heavy atom. The summed E-state index contributed by atoms with van der Waals surface area (Å²) < 4.78 is 0. The maximum atomic E-state index is 10.3. The molecule has 1 N–H and O–H groups in total. The van der Waals surface area contributed by atoms with E-state index in [0.717, 1.165) is 5.56 Å². The number of benzene rings is 1. The Labute approximate surface area is 111 Å². The number of aliphatic hydroxyl groups is 1. The highest BCUT2D eigenvalue weighted by molar-refractivity contribution is 5.18. The lowest BCUT2D eigenvalue weighted by molar-refractivity contribution is 0.0987. The van der Waals surface area contributed by atoms with Gasteiger partial charge in [0, 0.05) is 0 Å². The van der Waals surface area contributed by atoms with Crippen LogP contribution in [0.2, 0.25) is 0 Å².